The van der Waals surface area contributed by atoms with Gasteiger partial charge in [0, 0.05) is 5.69 Å². The van der Waals surface area contributed by atoms with E-state index < -0.39 is 33.7 Å². The number of amides is 1. The third kappa shape index (κ3) is 5.06. The minimum absolute atomic E-state index is 0.0162. The molecule has 1 amide bonds. The summed E-state index contributed by atoms with van der Waals surface area (Å²) in [6.07, 6.45) is -4.60. The number of para-hydroxylation sites is 1. The van der Waals surface area contributed by atoms with Crippen LogP contribution >= 0.6 is 23.4 Å². The Bertz CT molecular complexity index is 1260. The highest BCUT2D eigenvalue weighted by Crippen LogP contribution is 2.41. The van der Waals surface area contributed by atoms with Crippen LogP contribution in [0.15, 0.2) is 41.4 Å². The van der Waals surface area contributed by atoms with Crippen LogP contribution in [0.2, 0.25) is 5.02 Å². The molecule has 0 aromatic heterocycles. The minimum Gasteiger partial charge on any atom is -0.325 e. The molecule has 2 heterocycles. The van der Waals surface area contributed by atoms with Crippen LogP contribution in [0.3, 0.4) is 0 Å². The molecule has 182 valence electrons. The Morgan fingerprint density at radius 2 is 1.88 bits per heavy atom. The molecule has 1 saturated heterocycles. The van der Waals surface area contributed by atoms with E-state index >= 15 is 0 Å². The highest BCUT2D eigenvalue weighted by molar-refractivity contribution is 8.14. The molecule has 2 aliphatic rings. The molecule has 6 nitrogen and oxygen atoms in total. The number of aryl methyl sites for hydroxylation is 2. The van der Waals surface area contributed by atoms with Gasteiger partial charge in [-0.1, -0.05) is 41.6 Å². The topological polar surface area (TPSA) is 78.8 Å². The number of carbonyl (C=O) groups excluding carboxylic acids is 1. The summed E-state index contributed by atoms with van der Waals surface area (Å²) in [5.41, 5.74) is 1.60. The van der Waals surface area contributed by atoms with E-state index in [1.54, 1.807) is 0 Å². The van der Waals surface area contributed by atoms with Crippen molar-refractivity contribution < 1.29 is 26.4 Å². The van der Waals surface area contributed by atoms with Crippen molar-refractivity contribution in [3.05, 3.63) is 58.1 Å². The second kappa shape index (κ2) is 9.09. The SMILES string of the molecule is Cc1cccc(C)c1NC(=O)CSC1=N[C@@H]2CS(=O)(=O)C[C@@H]2N1c1cc(C(F)(F)F)ccc1Cl. The van der Waals surface area contributed by atoms with Gasteiger partial charge in [-0.25, -0.2) is 8.42 Å². The Hall–Kier alpha value is -2.24. The van der Waals surface area contributed by atoms with E-state index in [1.165, 1.54) is 4.90 Å². The van der Waals surface area contributed by atoms with Crippen molar-refractivity contribution in [3.63, 3.8) is 0 Å². The van der Waals surface area contributed by atoms with E-state index in [0.717, 1.165) is 41.1 Å². The van der Waals surface area contributed by atoms with Crippen LogP contribution in [0.5, 0.6) is 0 Å². The predicted molar refractivity (Wildman–Crippen MR) is 130 cm³/mol. The molecule has 12 heteroatoms. The zero-order valence-electron chi connectivity index (χ0n) is 18.2. The lowest BCUT2D eigenvalue weighted by Gasteiger charge is -2.28. The quantitative estimate of drug-likeness (QED) is 0.619. The maximum absolute atomic E-state index is 13.4. The van der Waals surface area contributed by atoms with E-state index in [0.29, 0.717) is 5.69 Å². The number of halogens is 4. The lowest BCUT2D eigenvalue weighted by molar-refractivity contribution is -0.137. The summed E-state index contributed by atoms with van der Waals surface area (Å²) < 4.78 is 64.4. The Kier molecular flexibility index (Phi) is 6.65. The maximum Gasteiger partial charge on any atom is 0.416 e. The monoisotopic (exact) mass is 531 g/mol. The standard InChI is InChI=1S/C22H21ClF3N3O3S2/c1-12-4-3-5-13(2)20(12)28-19(30)9-33-21-27-16-10-34(31,32)11-18(16)29(21)17-8-14(22(24,25)26)6-7-15(17)23/h3-8,16,18H,9-11H2,1-2H3,(H,28,30)/t16-,18+/m1/s1. The number of amidine groups is 1. The van der Waals surface area contributed by atoms with Gasteiger partial charge < -0.3 is 10.2 Å². The number of hydrogen-bond donors (Lipinski definition) is 1. The van der Waals surface area contributed by atoms with Crippen LogP contribution < -0.4 is 10.2 Å². The average molecular weight is 532 g/mol. The smallest absolute Gasteiger partial charge is 0.325 e. The fourth-order valence-corrected chi connectivity index (χ4v) is 7.07. The molecule has 2 aliphatic heterocycles. The summed E-state index contributed by atoms with van der Waals surface area (Å²) in [6.45, 7) is 3.74. The highest BCUT2D eigenvalue weighted by Gasteiger charge is 2.48. The van der Waals surface area contributed by atoms with E-state index in [9.17, 15) is 26.4 Å². The molecule has 0 spiro atoms. The predicted octanol–water partition coefficient (Wildman–Crippen LogP) is 4.69. The minimum atomic E-state index is -4.60. The lowest BCUT2D eigenvalue weighted by Crippen LogP contribution is -2.39. The fraction of sp³-hybridized carbons (Fsp3) is 0.364. The van der Waals surface area contributed by atoms with Gasteiger partial charge in [-0.2, -0.15) is 13.2 Å². The molecule has 0 bridgehead atoms. The van der Waals surface area contributed by atoms with Crippen molar-refractivity contribution in [1.82, 2.24) is 0 Å². The first kappa shape index (κ1) is 24.9. The van der Waals surface area contributed by atoms with E-state index in [2.05, 4.69) is 10.3 Å². The number of anilines is 2. The van der Waals surface area contributed by atoms with Crippen molar-refractivity contribution in [2.45, 2.75) is 32.1 Å². The van der Waals surface area contributed by atoms with E-state index in [1.807, 2.05) is 32.0 Å². The molecule has 0 unspecified atom stereocenters. The van der Waals surface area contributed by atoms with Gasteiger partial charge in [0.2, 0.25) is 5.91 Å². The highest BCUT2D eigenvalue weighted by atomic mass is 35.5. The number of sulfone groups is 1. The van der Waals surface area contributed by atoms with Crippen LogP contribution in [0.1, 0.15) is 16.7 Å². The molecule has 34 heavy (non-hydrogen) atoms. The molecule has 0 saturated carbocycles. The largest absolute Gasteiger partial charge is 0.416 e. The average Bonchev–Trinajstić information content (AvgIpc) is 3.20. The normalized spacial score (nSPS) is 21.4. The number of thioether (sulfide) groups is 1. The molecular weight excluding hydrogens is 511 g/mol. The van der Waals surface area contributed by atoms with Crippen molar-refractivity contribution in [3.8, 4) is 0 Å². The first-order valence-corrected chi connectivity index (χ1v) is 13.5. The van der Waals surface area contributed by atoms with Crippen LogP contribution in [0, 0.1) is 13.8 Å². The number of alkyl halides is 3. The van der Waals surface area contributed by atoms with Crippen LogP contribution in [0.4, 0.5) is 24.5 Å². The summed E-state index contributed by atoms with van der Waals surface area (Å²) in [5.74, 6) is -0.841. The third-order valence-corrected chi connectivity index (χ3v) is 8.70. The second-order valence-corrected chi connectivity index (χ2v) is 11.8. The third-order valence-electron chi connectivity index (χ3n) is 5.72. The molecular formula is C22H21ClF3N3O3S2. The van der Waals surface area contributed by atoms with Gasteiger partial charge in [0.05, 0.1) is 45.6 Å². The summed E-state index contributed by atoms with van der Waals surface area (Å²) in [5, 5.41) is 3.16. The van der Waals surface area contributed by atoms with Crippen molar-refractivity contribution in [1.29, 1.82) is 0 Å². The van der Waals surface area contributed by atoms with Gasteiger partial charge in [-0.3, -0.25) is 9.79 Å². The van der Waals surface area contributed by atoms with Gasteiger partial charge in [0.1, 0.15) is 0 Å². The Morgan fingerprint density at radius 3 is 2.53 bits per heavy atom. The fourth-order valence-electron chi connectivity index (χ4n) is 4.11. The van der Waals surface area contributed by atoms with Crippen LogP contribution in [-0.4, -0.2) is 48.8 Å². The number of nitrogens with one attached hydrogen (secondary N) is 1. The molecule has 2 aromatic rings. The molecule has 1 N–H and O–H groups in total. The number of hydrogen-bond acceptors (Lipinski definition) is 6. The lowest BCUT2D eigenvalue weighted by atomic mass is 10.1. The summed E-state index contributed by atoms with van der Waals surface area (Å²) in [7, 11) is -3.41. The van der Waals surface area contributed by atoms with Crippen molar-refractivity contribution in [2.24, 2.45) is 4.99 Å². The van der Waals surface area contributed by atoms with Gasteiger partial charge in [0.15, 0.2) is 15.0 Å². The molecule has 0 aliphatic carbocycles. The van der Waals surface area contributed by atoms with Gasteiger partial charge in [-0.15, -0.1) is 0 Å². The van der Waals surface area contributed by atoms with E-state index in [4.69, 9.17) is 11.6 Å². The molecule has 1 fully saturated rings. The Morgan fingerprint density at radius 1 is 1.21 bits per heavy atom. The van der Waals surface area contributed by atoms with Gasteiger partial charge in [-0.05, 0) is 43.2 Å². The van der Waals surface area contributed by atoms with Crippen molar-refractivity contribution >= 4 is 55.6 Å². The van der Waals surface area contributed by atoms with Crippen LogP contribution in [0.25, 0.3) is 0 Å². The number of carbonyl (C=O) groups is 1. The van der Waals surface area contributed by atoms with Gasteiger partial charge in [0.25, 0.3) is 0 Å². The van der Waals surface area contributed by atoms with Crippen LogP contribution in [-0.2, 0) is 20.8 Å². The number of fused-ring (bicyclic) bond motifs is 1. The summed E-state index contributed by atoms with van der Waals surface area (Å²) in [6, 6.07) is 7.19. The first-order valence-electron chi connectivity index (χ1n) is 10.3. The maximum atomic E-state index is 13.4. The summed E-state index contributed by atoms with van der Waals surface area (Å²) >= 11 is 7.29. The Balaban J connectivity index is 1.60. The number of aliphatic imine (C=N–C) groups is 1. The molecule has 2 aromatic carbocycles. The van der Waals surface area contributed by atoms with Crippen molar-refractivity contribution in [2.75, 3.05) is 27.5 Å². The number of nitrogens with zero attached hydrogens (tertiary/aromatic N) is 2. The molecule has 0 radical (unpaired) electrons. The number of benzene rings is 2. The Labute approximate surface area is 204 Å². The second-order valence-electron chi connectivity index (χ2n) is 8.26. The first-order chi connectivity index (χ1) is 15.9. The molecule has 4 rings (SSSR count). The number of rotatable bonds is 4. The van der Waals surface area contributed by atoms with E-state index in [-0.39, 0.29) is 39.0 Å². The zero-order chi connectivity index (χ0) is 24.8. The zero-order valence-corrected chi connectivity index (χ0v) is 20.6. The molecule has 2 atom stereocenters. The summed E-state index contributed by atoms with van der Waals surface area (Å²) in [4.78, 5) is 18.5. The van der Waals surface area contributed by atoms with Gasteiger partial charge >= 0.3 is 6.18 Å².